The van der Waals surface area contributed by atoms with Crippen molar-refractivity contribution < 1.29 is 18.8 Å². The minimum atomic E-state index is -0.303. The van der Waals surface area contributed by atoms with E-state index in [2.05, 4.69) is 24.3 Å². The Kier molecular flexibility index (Phi) is 4.95. The van der Waals surface area contributed by atoms with Crippen molar-refractivity contribution in [2.45, 2.75) is 26.9 Å². The molecule has 21 heavy (non-hydrogen) atoms. The van der Waals surface area contributed by atoms with Crippen LogP contribution in [-0.4, -0.2) is 54.2 Å². The molecule has 7 heteroatoms. The van der Waals surface area contributed by atoms with Gasteiger partial charge in [-0.3, -0.25) is 9.59 Å². The fourth-order valence-electron chi connectivity index (χ4n) is 2.19. The van der Waals surface area contributed by atoms with E-state index in [9.17, 15) is 9.59 Å². The van der Waals surface area contributed by atoms with Gasteiger partial charge in [-0.25, -0.2) is 0 Å². The topological polar surface area (TPSA) is 84.7 Å². The third-order valence-electron chi connectivity index (χ3n) is 3.16. The van der Waals surface area contributed by atoms with Gasteiger partial charge in [0.2, 0.25) is 5.91 Å². The van der Waals surface area contributed by atoms with Crippen LogP contribution in [0.1, 0.15) is 30.1 Å². The highest BCUT2D eigenvalue weighted by atomic mass is 16.5. The maximum atomic E-state index is 11.9. The van der Waals surface area contributed by atoms with E-state index in [0.29, 0.717) is 31.3 Å². The molecule has 0 spiro atoms. The first-order chi connectivity index (χ1) is 9.95. The van der Waals surface area contributed by atoms with Gasteiger partial charge in [0, 0.05) is 25.7 Å². The summed E-state index contributed by atoms with van der Waals surface area (Å²) >= 11 is 0. The first-order valence-corrected chi connectivity index (χ1v) is 7.06. The normalized spacial score (nSPS) is 19.1. The molecule has 1 saturated heterocycles. The molecular weight excluding hydrogens is 274 g/mol. The Morgan fingerprint density at radius 2 is 2.33 bits per heavy atom. The molecule has 1 fully saturated rings. The van der Waals surface area contributed by atoms with Gasteiger partial charge in [-0.05, 0) is 12.8 Å². The fraction of sp³-hybridized carbons (Fsp3) is 0.643. The zero-order valence-electron chi connectivity index (χ0n) is 12.6. The molecule has 2 heterocycles. The zero-order valence-corrected chi connectivity index (χ0v) is 12.6. The van der Waals surface area contributed by atoms with Crippen molar-refractivity contribution in [2.75, 3.05) is 26.2 Å². The second-order valence-corrected chi connectivity index (χ2v) is 5.66. The Hall–Kier alpha value is -1.89. The van der Waals surface area contributed by atoms with E-state index < -0.39 is 0 Å². The summed E-state index contributed by atoms with van der Waals surface area (Å²) in [5.74, 6) is 0.685. The molecule has 1 N–H and O–H groups in total. The maximum absolute atomic E-state index is 11.9. The first kappa shape index (κ1) is 15.5. The van der Waals surface area contributed by atoms with E-state index in [1.807, 2.05) is 0 Å². The fourth-order valence-corrected chi connectivity index (χ4v) is 2.19. The average molecular weight is 295 g/mol. The van der Waals surface area contributed by atoms with E-state index in [4.69, 9.17) is 9.26 Å². The first-order valence-electron chi connectivity index (χ1n) is 7.06. The number of aryl methyl sites for hydroxylation is 1. The van der Waals surface area contributed by atoms with E-state index in [1.54, 1.807) is 17.9 Å². The number of rotatable bonds is 5. The minimum Gasteiger partial charge on any atom is -0.365 e. The Labute approximate surface area is 123 Å². The zero-order chi connectivity index (χ0) is 15.4. The van der Waals surface area contributed by atoms with E-state index in [0.717, 1.165) is 0 Å². The second-order valence-electron chi connectivity index (χ2n) is 5.66. The predicted octanol–water partition coefficient (Wildman–Crippen LogP) is 0.596. The molecule has 0 saturated carbocycles. The lowest BCUT2D eigenvalue weighted by Gasteiger charge is -2.33. The molecule has 0 bridgehead atoms. The Balaban J connectivity index is 1.83. The van der Waals surface area contributed by atoms with Crippen LogP contribution >= 0.6 is 0 Å². The highest BCUT2D eigenvalue weighted by molar-refractivity contribution is 5.92. The van der Waals surface area contributed by atoms with Gasteiger partial charge in [0.15, 0.2) is 5.69 Å². The van der Waals surface area contributed by atoms with Crippen molar-refractivity contribution >= 4 is 11.8 Å². The van der Waals surface area contributed by atoms with Gasteiger partial charge in [-0.15, -0.1) is 0 Å². The average Bonchev–Trinajstić information content (AvgIpc) is 2.85. The van der Waals surface area contributed by atoms with E-state index in [-0.39, 0.29) is 30.2 Å². The molecule has 1 aliphatic heterocycles. The van der Waals surface area contributed by atoms with Crippen LogP contribution in [0.5, 0.6) is 0 Å². The van der Waals surface area contributed by atoms with Crippen LogP contribution in [0.2, 0.25) is 0 Å². The molecule has 116 valence electrons. The molecule has 1 aliphatic rings. The molecular formula is C14H21N3O4. The lowest BCUT2D eigenvalue weighted by atomic mass is 10.1. The second kappa shape index (κ2) is 6.71. The van der Waals surface area contributed by atoms with Crippen LogP contribution in [0.15, 0.2) is 10.6 Å². The molecule has 7 nitrogen and oxygen atoms in total. The third-order valence-corrected chi connectivity index (χ3v) is 3.16. The van der Waals surface area contributed by atoms with Crippen molar-refractivity contribution in [2.24, 2.45) is 5.92 Å². The largest absolute Gasteiger partial charge is 0.365 e. The van der Waals surface area contributed by atoms with Crippen LogP contribution in [0.4, 0.5) is 0 Å². The third kappa shape index (κ3) is 4.29. The number of carbonyl (C=O) groups excluding carboxylic acids is 2. The van der Waals surface area contributed by atoms with Crippen molar-refractivity contribution in [3.8, 4) is 0 Å². The SMILES string of the molecule is Cc1cc(C(=O)NCC2CN(CC(C)C)C(=O)CO2)no1. The maximum Gasteiger partial charge on any atom is 0.273 e. The molecule has 0 radical (unpaired) electrons. The van der Waals surface area contributed by atoms with Gasteiger partial charge >= 0.3 is 0 Å². The van der Waals surface area contributed by atoms with Crippen molar-refractivity contribution in [3.63, 3.8) is 0 Å². The van der Waals surface area contributed by atoms with Crippen molar-refractivity contribution in [1.82, 2.24) is 15.4 Å². The highest BCUT2D eigenvalue weighted by Gasteiger charge is 2.27. The summed E-state index contributed by atoms with van der Waals surface area (Å²) in [7, 11) is 0. The number of nitrogens with one attached hydrogen (secondary N) is 1. The molecule has 0 aromatic carbocycles. The summed E-state index contributed by atoms with van der Waals surface area (Å²) in [6.45, 7) is 7.45. The van der Waals surface area contributed by atoms with Crippen LogP contribution in [0.25, 0.3) is 0 Å². The van der Waals surface area contributed by atoms with Crippen molar-refractivity contribution in [1.29, 1.82) is 0 Å². The van der Waals surface area contributed by atoms with Gasteiger partial charge in [0.05, 0.1) is 6.10 Å². The lowest BCUT2D eigenvalue weighted by Crippen LogP contribution is -2.51. The highest BCUT2D eigenvalue weighted by Crippen LogP contribution is 2.09. The summed E-state index contributed by atoms with van der Waals surface area (Å²) in [6.07, 6.45) is -0.196. The summed E-state index contributed by atoms with van der Waals surface area (Å²) in [4.78, 5) is 25.4. The minimum absolute atomic E-state index is 0.00148. The van der Waals surface area contributed by atoms with Crippen LogP contribution in [0.3, 0.4) is 0 Å². The standard InChI is InChI=1S/C14H21N3O4/c1-9(2)6-17-7-11(20-8-13(17)18)5-15-14(19)12-4-10(3)21-16-12/h4,9,11H,5-8H2,1-3H3,(H,15,19). The van der Waals surface area contributed by atoms with Gasteiger partial charge in [-0.1, -0.05) is 19.0 Å². The van der Waals surface area contributed by atoms with Crippen LogP contribution < -0.4 is 5.32 Å². The van der Waals surface area contributed by atoms with Gasteiger partial charge in [-0.2, -0.15) is 0 Å². The lowest BCUT2D eigenvalue weighted by molar-refractivity contribution is -0.149. The molecule has 1 aromatic heterocycles. The molecule has 0 aliphatic carbocycles. The number of carbonyl (C=O) groups is 2. The quantitative estimate of drug-likeness (QED) is 0.859. The van der Waals surface area contributed by atoms with Crippen LogP contribution in [-0.2, 0) is 9.53 Å². The number of nitrogens with zero attached hydrogens (tertiary/aromatic N) is 2. The predicted molar refractivity (Wildman–Crippen MR) is 74.7 cm³/mol. The number of morpholine rings is 1. The smallest absolute Gasteiger partial charge is 0.273 e. The molecule has 1 aromatic rings. The molecule has 2 amide bonds. The van der Waals surface area contributed by atoms with E-state index in [1.165, 1.54) is 0 Å². The summed E-state index contributed by atoms with van der Waals surface area (Å²) in [5, 5.41) is 6.40. The van der Waals surface area contributed by atoms with Crippen molar-refractivity contribution in [3.05, 3.63) is 17.5 Å². The number of aromatic nitrogens is 1. The number of amides is 2. The monoisotopic (exact) mass is 295 g/mol. The molecule has 2 rings (SSSR count). The number of hydrogen-bond acceptors (Lipinski definition) is 5. The number of ether oxygens (including phenoxy) is 1. The van der Waals surface area contributed by atoms with Gasteiger partial charge in [0.1, 0.15) is 12.4 Å². The summed E-state index contributed by atoms with van der Waals surface area (Å²) in [5.41, 5.74) is 0.249. The number of hydrogen-bond donors (Lipinski definition) is 1. The Morgan fingerprint density at radius 1 is 1.57 bits per heavy atom. The van der Waals surface area contributed by atoms with Gasteiger partial charge < -0.3 is 19.5 Å². The van der Waals surface area contributed by atoms with Gasteiger partial charge in [0.25, 0.3) is 5.91 Å². The van der Waals surface area contributed by atoms with E-state index >= 15 is 0 Å². The summed E-state index contributed by atoms with van der Waals surface area (Å²) < 4.78 is 10.3. The Bertz CT molecular complexity index is 512. The Morgan fingerprint density at radius 3 is 2.95 bits per heavy atom. The summed E-state index contributed by atoms with van der Waals surface area (Å²) in [6, 6.07) is 1.58. The molecule has 1 atom stereocenters. The van der Waals surface area contributed by atoms with Crippen LogP contribution in [0, 0.1) is 12.8 Å². The molecule has 1 unspecified atom stereocenters.